The van der Waals surface area contributed by atoms with Gasteiger partial charge in [-0.15, -0.1) is 0 Å². The second-order valence-corrected chi connectivity index (χ2v) is 12.6. The minimum absolute atomic E-state index is 0.0880. The minimum atomic E-state index is -1.00. The molecule has 2 aliphatic rings. The quantitative estimate of drug-likeness (QED) is 0.489. The lowest BCUT2D eigenvalue weighted by atomic mass is 9.87. The van der Waals surface area contributed by atoms with Crippen LogP contribution >= 0.6 is 0 Å². The fourth-order valence-corrected chi connectivity index (χ4v) is 5.06. The zero-order chi connectivity index (χ0) is 26.9. The molecular weight excluding hydrogens is 462 g/mol. The summed E-state index contributed by atoms with van der Waals surface area (Å²) in [6, 6.07) is 0.377. The van der Waals surface area contributed by atoms with Gasteiger partial charge in [-0.05, 0) is 98.3 Å². The normalized spacial score (nSPS) is 26.2. The zero-order valence-electron chi connectivity index (χ0n) is 22.9. The topological polar surface area (TPSA) is 111 Å². The van der Waals surface area contributed by atoms with Gasteiger partial charge in [-0.3, -0.25) is 4.79 Å². The molecule has 0 bridgehead atoms. The van der Waals surface area contributed by atoms with E-state index in [-0.39, 0.29) is 12.5 Å². The monoisotopic (exact) mass is 505 g/mol. The lowest BCUT2D eigenvalue weighted by Crippen LogP contribution is -2.44. The first-order valence-corrected chi connectivity index (χ1v) is 13.1. The van der Waals surface area contributed by atoms with Gasteiger partial charge in [0.25, 0.3) is 0 Å². The van der Waals surface area contributed by atoms with Crippen molar-refractivity contribution < 1.29 is 29.0 Å². The van der Waals surface area contributed by atoms with Crippen molar-refractivity contribution in [2.75, 3.05) is 6.54 Å². The van der Waals surface area contributed by atoms with Crippen molar-refractivity contribution in [2.45, 2.75) is 116 Å². The molecular formula is C27H43N3O6. The van der Waals surface area contributed by atoms with Crippen LogP contribution in [0.1, 0.15) is 105 Å². The van der Waals surface area contributed by atoms with Crippen LogP contribution in [-0.4, -0.2) is 55.5 Å². The van der Waals surface area contributed by atoms with Crippen molar-refractivity contribution in [1.82, 2.24) is 14.5 Å². The average molecular weight is 506 g/mol. The van der Waals surface area contributed by atoms with Gasteiger partial charge in [0, 0.05) is 18.8 Å². The molecule has 9 heteroatoms. The highest BCUT2D eigenvalue weighted by Crippen LogP contribution is 2.56. The van der Waals surface area contributed by atoms with Crippen molar-refractivity contribution in [1.29, 1.82) is 0 Å². The van der Waals surface area contributed by atoms with Crippen LogP contribution in [0.4, 0.5) is 9.59 Å². The number of amides is 2. The molecule has 9 nitrogen and oxygen atoms in total. The van der Waals surface area contributed by atoms with Gasteiger partial charge in [0.2, 0.25) is 0 Å². The Morgan fingerprint density at radius 2 is 1.61 bits per heavy atom. The molecule has 0 aliphatic heterocycles. The number of carbonyl (C=O) groups is 3. The van der Waals surface area contributed by atoms with Crippen molar-refractivity contribution in [3.05, 3.63) is 18.2 Å². The maximum Gasteiger partial charge on any atom is 0.419 e. The van der Waals surface area contributed by atoms with Crippen LogP contribution in [0.5, 0.6) is 0 Å². The highest BCUT2D eigenvalue weighted by Gasteiger charge is 2.62. The first kappa shape index (κ1) is 28.0. The predicted octanol–water partition coefficient (Wildman–Crippen LogP) is 5.93. The Bertz CT molecular complexity index is 923. The summed E-state index contributed by atoms with van der Waals surface area (Å²) in [7, 11) is 0. The maximum atomic E-state index is 12.7. The van der Waals surface area contributed by atoms with Gasteiger partial charge in [0.05, 0.1) is 12.0 Å². The first-order valence-electron chi connectivity index (χ1n) is 13.1. The number of imide groups is 1. The van der Waals surface area contributed by atoms with Crippen LogP contribution in [0.15, 0.2) is 12.5 Å². The molecule has 0 saturated heterocycles. The van der Waals surface area contributed by atoms with Crippen molar-refractivity contribution in [2.24, 2.45) is 11.8 Å². The summed E-state index contributed by atoms with van der Waals surface area (Å²) < 4.78 is 12.9. The maximum absolute atomic E-state index is 12.7. The molecule has 1 aromatic rings. The summed E-state index contributed by atoms with van der Waals surface area (Å²) in [4.78, 5) is 43.2. The van der Waals surface area contributed by atoms with Gasteiger partial charge >= 0.3 is 18.2 Å². The van der Waals surface area contributed by atoms with E-state index in [1.54, 1.807) is 47.9 Å². The lowest BCUT2D eigenvalue weighted by Gasteiger charge is -2.28. The van der Waals surface area contributed by atoms with E-state index in [4.69, 9.17) is 9.47 Å². The van der Waals surface area contributed by atoms with Crippen molar-refractivity contribution in [3.8, 4) is 0 Å². The number of carbonyl (C=O) groups excluding carboxylic acids is 2. The molecule has 2 atom stereocenters. The van der Waals surface area contributed by atoms with Crippen LogP contribution in [0.3, 0.4) is 0 Å². The molecule has 0 radical (unpaired) electrons. The van der Waals surface area contributed by atoms with Crippen LogP contribution in [0.25, 0.3) is 0 Å². The molecule has 202 valence electrons. The predicted molar refractivity (Wildman–Crippen MR) is 135 cm³/mol. The fourth-order valence-electron chi connectivity index (χ4n) is 5.06. The molecule has 2 aliphatic carbocycles. The average Bonchev–Trinajstić information content (AvgIpc) is 3.25. The van der Waals surface area contributed by atoms with E-state index in [0.29, 0.717) is 31.0 Å². The van der Waals surface area contributed by atoms with E-state index in [0.717, 1.165) is 23.7 Å². The molecule has 3 rings (SSSR count). The van der Waals surface area contributed by atoms with Crippen LogP contribution in [-0.2, 0) is 19.7 Å². The summed E-state index contributed by atoms with van der Waals surface area (Å²) in [6.07, 6.45) is 8.19. The Kier molecular flexibility index (Phi) is 8.10. The smallest absolute Gasteiger partial charge is 0.419 e. The molecule has 1 heterocycles. The first-order chi connectivity index (χ1) is 16.6. The molecule has 2 unspecified atom stereocenters. The van der Waals surface area contributed by atoms with E-state index in [1.807, 2.05) is 6.20 Å². The largest absolute Gasteiger partial charge is 0.481 e. The van der Waals surface area contributed by atoms with Crippen molar-refractivity contribution >= 4 is 18.2 Å². The molecule has 1 N–H and O–H groups in total. The number of rotatable bonds is 7. The highest BCUT2D eigenvalue weighted by molar-refractivity contribution is 5.88. The number of ether oxygens (including phenoxy) is 2. The number of aliphatic carboxylic acids is 1. The van der Waals surface area contributed by atoms with E-state index in [2.05, 4.69) is 16.5 Å². The van der Waals surface area contributed by atoms with Crippen LogP contribution in [0, 0.1) is 11.8 Å². The third-order valence-corrected chi connectivity index (χ3v) is 7.11. The highest BCUT2D eigenvalue weighted by atomic mass is 16.6. The van der Waals surface area contributed by atoms with Crippen LogP contribution < -0.4 is 0 Å². The van der Waals surface area contributed by atoms with Gasteiger partial charge in [-0.2, -0.15) is 0 Å². The molecule has 1 aromatic heterocycles. The molecule has 2 saturated carbocycles. The Hall–Kier alpha value is -2.58. The van der Waals surface area contributed by atoms with E-state index in [1.165, 1.54) is 12.8 Å². The Labute approximate surface area is 214 Å². The fraction of sp³-hybridized carbons (Fsp3) is 0.778. The van der Waals surface area contributed by atoms with Crippen LogP contribution in [0.2, 0.25) is 0 Å². The molecule has 0 spiro atoms. The Balaban J connectivity index is 1.64. The molecule has 2 fully saturated rings. The Morgan fingerprint density at radius 3 is 2.11 bits per heavy atom. The number of hydrogen-bond donors (Lipinski definition) is 1. The molecule has 36 heavy (non-hydrogen) atoms. The summed E-state index contributed by atoms with van der Waals surface area (Å²) in [5.41, 5.74) is -1.92. The minimum Gasteiger partial charge on any atom is -0.481 e. The second-order valence-electron chi connectivity index (χ2n) is 12.6. The third-order valence-electron chi connectivity index (χ3n) is 7.11. The third kappa shape index (κ3) is 6.79. The summed E-state index contributed by atoms with van der Waals surface area (Å²) in [5, 5.41) is 10.1. The summed E-state index contributed by atoms with van der Waals surface area (Å²) in [5.74, 6) is -0.238. The second kappa shape index (κ2) is 10.4. The SMILES string of the molecule is CC1CCC(n2cnc(C3(C(=O)O)CC3CCCN(C(=O)OC(C)(C)C)C(=O)OC(C)(C)C)c2)CC1. The molecule has 0 aromatic carbocycles. The number of hydrogen-bond acceptors (Lipinski definition) is 6. The number of imidazole rings is 1. The van der Waals surface area contributed by atoms with Gasteiger partial charge in [-0.25, -0.2) is 19.5 Å². The van der Waals surface area contributed by atoms with Crippen molar-refractivity contribution in [3.63, 3.8) is 0 Å². The van der Waals surface area contributed by atoms with E-state index < -0.39 is 34.8 Å². The van der Waals surface area contributed by atoms with Gasteiger partial charge in [0.15, 0.2) is 0 Å². The lowest BCUT2D eigenvalue weighted by molar-refractivity contribution is -0.140. The Morgan fingerprint density at radius 1 is 1.06 bits per heavy atom. The van der Waals surface area contributed by atoms with Gasteiger partial charge in [-0.1, -0.05) is 6.92 Å². The van der Waals surface area contributed by atoms with Gasteiger partial charge < -0.3 is 19.1 Å². The summed E-state index contributed by atoms with van der Waals surface area (Å²) >= 11 is 0. The van der Waals surface area contributed by atoms with E-state index in [9.17, 15) is 19.5 Å². The summed E-state index contributed by atoms with van der Waals surface area (Å²) in [6.45, 7) is 12.8. The number of aromatic nitrogens is 2. The zero-order valence-corrected chi connectivity index (χ0v) is 22.9. The number of carboxylic acids is 1. The standard InChI is InChI=1S/C27H43N3O6/c1-18-10-12-20(13-11-18)29-16-21(28-17-29)27(22(31)32)15-19(27)9-8-14-30(23(33)35-25(2,3)4)24(34)36-26(5,6)7/h16-20H,8-15H2,1-7H3,(H,31,32). The van der Waals surface area contributed by atoms with Gasteiger partial charge in [0.1, 0.15) is 16.6 Å². The molecule has 2 amide bonds. The number of nitrogens with zero attached hydrogens (tertiary/aromatic N) is 3. The number of carboxylic acid groups (broad SMARTS) is 1. The van der Waals surface area contributed by atoms with E-state index >= 15 is 0 Å².